The second kappa shape index (κ2) is 11.0. The minimum atomic E-state index is 0.554. The molecule has 3 aromatic rings. The normalized spacial score (nSPS) is 10.9. The molecule has 0 spiro atoms. The third-order valence-corrected chi connectivity index (χ3v) is 5.36. The van der Waals surface area contributed by atoms with Crippen molar-refractivity contribution in [1.29, 1.82) is 0 Å². The summed E-state index contributed by atoms with van der Waals surface area (Å²) in [5, 5.41) is 16.8. The second-order valence-electron chi connectivity index (χ2n) is 6.13. The summed E-state index contributed by atoms with van der Waals surface area (Å²) in [7, 11) is 1.59. The van der Waals surface area contributed by atoms with Crippen molar-refractivity contribution in [2.75, 3.05) is 26.0 Å². The molecule has 2 aromatic carbocycles. The van der Waals surface area contributed by atoms with Gasteiger partial charge >= 0.3 is 0 Å². The van der Waals surface area contributed by atoms with Gasteiger partial charge in [0.2, 0.25) is 5.16 Å². The zero-order valence-corrected chi connectivity index (χ0v) is 18.0. The number of nitrogens with one attached hydrogen (secondary N) is 1. The van der Waals surface area contributed by atoms with Crippen LogP contribution in [0.4, 0.5) is 0 Å². The van der Waals surface area contributed by atoms with Crippen LogP contribution in [0.2, 0.25) is 5.02 Å². The van der Waals surface area contributed by atoms with Crippen molar-refractivity contribution < 1.29 is 9.47 Å². The van der Waals surface area contributed by atoms with E-state index in [1.165, 1.54) is 0 Å². The molecule has 0 aliphatic heterocycles. The summed E-state index contributed by atoms with van der Waals surface area (Å²) < 4.78 is 12.7. The molecule has 0 saturated heterocycles. The molecule has 0 unspecified atom stereocenters. The van der Waals surface area contributed by atoms with Crippen LogP contribution in [0, 0.1) is 0 Å². The molecule has 29 heavy (non-hydrogen) atoms. The van der Waals surface area contributed by atoms with Gasteiger partial charge in [-0.1, -0.05) is 41.6 Å². The predicted molar refractivity (Wildman–Crippen MR) is 115 cm³/mol. The lowest BCUT2D eigenvalue weighted by atomic mass is 10.2. The third-order valence-electron chi connectivity index (χ3n) is 4.07. The molecule has 0 amide bonds. The summed E-state index contributed by atoms with van der Waals surface area (Å²) in [6, 6.07) is 13.7. The smallest absolute Gasteiger partial charge is 0.214 e. The molecule has 0 fully saturated rings. The van der Waals surface area contributed by atoms with Crippen LogP contribution in [0.15, 0.2) is 47.6 Å². The fourth-order valence-corrected chi connectivity index (χ4v) is 3.92. The van der Waals surface area contributed by atoms with Gasteiger partial charge in [-0.2, -0.15) is 4.68 Å². The number of methoxy groups -OCH3 is 1. The summed E-state index contributed by atoms with van der Waals surface area (Å²) in [4.78, 5) is 0. The van der Waals surface area contributed by atoms with Crippen molar-refractivity contribution in [3.63, 3.8) is 0 Å². The molecule has 0 aliphatic rings. The number of halogens is 1. The molecule has 3 rings (SSSR count). The second-order valence-corrected chi connectivity index (χ2v) is 7.60. The third kappa shape index (κ3) is 5.85. The van der Waals surface area contributed by atoms with Gasteiger partial charge in [0.05, 0.1) is 24.4 Å². The minimum Gasteiger partial charge on any atom is -0.491 e. The number of hydrogen-bond donors (Lipinski definition) is 1. The van der Waals surface area contributed by atoms with Gasteiger partial charge in [-0.3, -0.25) is 0 Å². The predicted octanol–water partition coefficient (Wildman–Crippen LogP) is 4.00. The van der Waals surface area contributed by atoms with Crippen LogP contribution in [0.3, 0.4) is 0 Å². The van der Waals surface area contributed by atoms with Crippen LogP contribution in [-0.4, -0.2) is 46.2 Å². The Morgan fingerprint density at radius 3 is 2.79 bits per heavy atom. The van der Waals surface area contributed by atoms with Crippen molar-refractivity contribution in [3.05, 3.63) is 53.1 Å². The van der Waals surface area contributed by atoms with Gasteiger partial charge in [-0.25, -0.2) is 0 Å². The number of nitrogens with zero attached hydrogens (tertiary/aromatic N) is 4. The van der Waals surface area contributed by atoms with Crippen molar-refractivity contribution in [3.8, 4) is 17.2 Å². The highest BCUT2D eigenvalue weighted by Crippen LogP contribution is 2.36. The molecule has 0 atom stereocenters. The molecule has 9 heteroatoms. The molecule has 1 aromatic heterocycles. The maximum Gasteiger partial charge on any atom is 0.214 e. The van der Waals surface area contributed by atoms with Crippen LogP contribution >= 0.6 is 23.4 Å². The van der Waals surface area contributed by atoms with Crippen molar-refractivity contribution >= 4 is 23.4 Å². The standard InChI is InChI=1S/C20H24ClN5O2S/c1-3-28-18-13-15(12-17(21)19(18)27-2)14-22-10-7-11-29-20-23-24-25-26(20)16-8-5-4-6-9-16/h4-6,8-9,12-13,22H,3,7,10-11,14H2,1-2H3. The zero-order valence-electron chi connectivity index (χ0n) is 16.5. The molecule has 0 radical (unpaired) electrons. The molecule has 1 heterocycles. The van der Waals surface area contributed by atoms with Crippen molar-refractivity contribution in [2.24, 2.45) is 0 Å². The van der Waals surface area contributed by atoms with Crippen LogP contribution in [0.25, 0.3) is 5.69 Å². The lowest BCUT2D eigenvalue weighted by Crippen LogP contribution is -2.15. The number of benzene rings is 2. The van der Waals surface area contributed by atoms with Gasteiger partial charge in [0, 0.05) is 12.3 Å². The van der Waals surface area contributed by atoms with E-state index in [1.54, 1.807) is 23.6 Å². The number of aromatic nitrogens is 4. The largest absolute Gasteiger partial charge is 0.491 e. The van der Waals surface area contributed by atoms with Crippen molar-refractivity contribution in [2.45, 2.75) is 25.0 Å². The van der Waals surface area contributed by atoms with E-state index in [0.29, 0.717) is 29.7 Å². The SMILES string of the molecule is CCOc1cc(CNCCCSc2nnnn2-c2ccccc2)cc(Cl)c1OC. The first-order valence-electron chi connectivity index (χ1n) is 9.39. The van der Waals surface area contributed by atoms with E-state index in [4.69, 9.17) is 21.1 Å². The summed E-state index contributed by atoms with van der Waals surface area (Å²) in [6.07, 6.45) is 0.981. The summed E-state index contributed by atoms with van der Waals surface area (Å²) in [6.45, 7) is 4.07. The number of ether oxygens (including phenoxy) is 2. The lowest BCUT2D eigenvalue weighted by Gasteiger charge is -2.13. The first-order chi connectivity index (χ1) is 14.2. The summed E-state index contributed by atoms with van der Waals surface area (Å²) in [5.41, 5.74) is 2.01. The zero-order chi connectivity index (χ0) is 20.5. The Labute approximate surface area is 179 Å². The Morgan fingerprint density at radius 1 is 1.21 bits per heavy atom. The monoisotopic (exact) mass is 433 g/mol. The summed E-state index contributed by atoms with van der Waals surface area (Å²) >= 11 is 7.94. The average molecular weight is 434 g/mol. The van der Waals surface area contributed by atoms with Crippen molar-refractivity contribution in [1.82, 2.24) is 25.5 Å². The fraction of sp³-hybridized carbons (Fsp3) is 0.350. The number of hydrogen-bond acceptors (Lipinski definition) is 7. The molecular weight excluding hydrogens is 410 g/mol. The molecule has 154 valence electrons. The first kappa shape index (κ1) is 21.4. The summed E-state index contributed by atoms with van der Waals surface area (Å²) in [5.74, 6) is 2.15. The Morgan fingerprint density at radius 2 is 2.03 bits per heavy atom. The number of para-hydroxylation sites is 1. The van der Waals surface area contributed by atoms with Gasteiger partial charge in [-0.05, 0) is 60.1 Å². The van der Waals surface area contributed by atoms with Gasteiger partial charge in [-0.15, -0.1) is 5.10 Å². The minimum absolute atomic E-state index is 0.554. The Balaban J connectivity index is 1.45. The van der Waals surface area contributed by atoms with E-state index in [0.717, 1.165) is 35.1 Å². The van der Waals surface area contributed by atoms with E-state index in [2.05, 4.69) is 20.8 Å². The van der Waals surface area contributed by atoms with E-state index >= 15 is 0 Å². The van der Waals surface area contributed by atoms with Crippen LogP contribution in [0.1, 0.15) is 18.9 Å². The van der Waals surface area contributed by atoms with Crippen LogP contribution in [0.5, 0.6) is 11.5 Å². The van der Waals surface area contributed by atoms with Gasteiger partial charge in [0.15, 0.2) is 11.5 Å². The molecule has 0 bridgehead atoms. The van der Waals surface area contributed by atoms with E-state index in [-0.39, 0.29) is 0 Å². The number of rotatable bonds is 11. The van der Waals surface area contributed by atoms with Gasteiger partial charge < -0.3 is 14.8 Å². The first-order valence-corrected chi connectivity index (χ1v) is 10.8. The molecule has 0 saturated carbocycles. The highest BCUT2D eigenvalue weighted by Gasteiger charge is 2.11. The van der Waals surface area contributed by atoms with Gasteiger partial charge in [0.1, 0.15) is 0 Å². The topological polar surface area (TPSA) is 74.1 Å². The van der Waals surface area contributed by atoms with E-state index < -0.39 is 0 Å². The quantitative estimate of drug-likeness (QED) is 0.362. The Hall–Kier alpha value is -2.29. The lowest BCUT2D eigenvalue weighted by molar-refractivity contribution is 0.310. The molecular formula is C20H24ClN5O2S. The molecule has 1 N–H and O–H groups in total. The van der Waals surface area contributed by atoms with Crippen LogP contribution in [-0.2, 0) is 6.54 Å². The maximum absolute atomic E-state index is 6.30. The highest BCUT2D eigenvalue weighted by molar-refractivity contribution is 7.99. The Bertz CT molecular complexity index is 907. The molecule has 0 aliphatic carbocycles. The van der Waals surface area contributed by atoms with E-state index in [9.17, 15) is 0 Å². The maximum atomic E-state index is 6.30. The van der Waals surface area contributed by atoms with E-state index in [1.807, 2.05) is 49.4 Å². The Kier molecular flexibility index (Phi) is 8.15. The number of thioether (sulfide) groups is 1. The number of tetrazole rings is 1. The average Bonchev–Trinajstić information content (AvgIpc) is 3.20. The van der Waals surface area contributed by atoms with Crippen LogP contribution < -0.4 is 14.8 Å². The highest BCUT2D eigenvalue weighted by atomic mass is 35.5. The van der Waals surface area contributed by atoms with Gasteiger partial charge in [0.25, 0.3) is 0 Å². The fourth-order valence-electron chi connectivity index (χ4n) is 2.78. The molecule has 7 nitrogen and oxygen atoms in total.